The van der Waals surface area contributed by atoms with Crippen LogP contribution in [-0.2, 0) is 13.0 Å². The summed E-state index contributed by atoms with van der Waals surface area (Å²) in [6.07, 6.45) is 5.36. The maximum absolute atomic E-state index is 5.95. The van der Waals surface area contributed by atoms with E-state index in [4.69, 9.17) is 11.6 Å². The van der Waals surface area contributed by atoms with E-state index in [-0.39, 0.29) is 0 Å². The summed E-state index contributed by atoms with van der Waals surface area (Å²) < 4.78 is 2.12. The highest BCUT2D eigenvalue weighted by atomic mass is 35.5. The quantitative estimate of drug-likeness (QED) is 0.700. The average molecular weight is 215 g/mol. The number of imidazole rings is 1. The molecule has 1 aliphatic rings. The van der Waals surface area contributed by atoms with Crippen LogP contribution in [0.25, 0.3) is 0 Å². The van der Waals surface area contributed by atoms with Crippen molar-refractivity contribution in [1.29, 1.82) is 0 Å². The minimum absolute atomic E-state index is 0.791. The van der Waals surface area contributed by atoms with Gasteiger partial charge in [-0.3, -0.25) is 0 Å². The number of fused-ring (bicyclic) bond motifs is 1. The van der Waals surface area contributed by atoms with Gasteiger partial charge in [-0.1, -0.05) is 38.8 Å². The summed E-state index contributed by atoms with van der Waals surface area (Å²) in [5, 5.41) is 0.791. The molecule has 0 bridgehead atoms. The molecule has 0 amide bonds. The first-order valence-corrected chi connectivity index (χ1v) is 5.89. The number of aromatic nitrogens is 2. The van der Waals surface area contributed by atoms with Crippen molar-refractivity contribution in [3.8, 4) is 0 Å². The van der Waals surface area contributed by atoms with Gasteiger partial charge in [0.05, 0.1) is 6.20 Å². The number of rotatable bonds is 1. The van der Waals surface area contributed by atoms with Crippen LogP contribution < -0.4 is 0 Å². The van der Waals surface area contributed by atoms with Crippen LogP contribution in [0.15, 0.2) is 6.20 Å². The van der Waals surface area contributed by atoms with Crippen LogP contribution in [0.2, 0.25) is 5.15 Å². The molecular weight excluding hydrogens is 196 g/mol. The van der Waals surface area contributed by atoms with Crippen LogP contribution in [-0.4, -0.2) is 9.55 Å². The van der Waals surface area contributed by atoms with Gasteiger partial charge >= 0.3 is 0 Å². The zero-order chi connectivity index (χ0) is 10.6. The van der Waals surface area contributed by atoms with Crippen LogP contribution in [0, 0.1) is 5.92 Å². The van der Waals surface area contributed by atoms with Crippen molar-refractivity contribution in [3.05, 3.63) is 17.2 Å². The molecule has 0 saturated carbocycles. The van der Waals surface area contributed by atoms with Crippen molar-refractivity contribution in [2.24, 2.45) is 5.92 Å². The Morgan fingerprint density at radius 2 is 2.29 bits per heavy atom. The maximum atomic E-state index is 5.95. The van der Waals surface area contributed by atoms with E-state index in [9.17, 15) is 0 Å². The number of nitrogens with zero attached hydrogens (tertiary/aromatic N) is 2. The first-order valence-electron chi connectivity index (χ1n) is 5.51. The lowest BCUT2D eigenvalue weighted by molar-refractivity contribution is 0.373. The molecule has 14 heavy (non-hydrogen) atoms. The Morgan fingerprint density at radius 1 is 1.57 bits per heavy atom. The van der Waals surface area contributed by atoms with E-state index in [0.29, 0.717) is 0 Å². The molecule has 0 fully saturated rings. The summed E-state index contributed by atoms with van der Waals surface area (Å²) in [5.41, 5.74) is 0. The molecule has 0 N–H and O–H groups in total. The van der Waals surface area contributed by atoms with Crippen molar-refractivity contribution >= 4 is 11.6 Å². The molecule has 1 aromatic rings. The van der Waals surface area contributed by atoms with Gasteiger partial charge in [0, 0.05) is 13.0 Å². The number of halogens is 1. The van der Waals surface area contributed by atoms with Crippen LogP contribution in [0.1, 0.15) is 39.4 Å². The molecule has 2 nitrogen and oxygen atoms in total. The monoisotopic (exact) mass is 214 g/mol. The molecule has 2 rings (SSSR count). The van der Waals surface area contributed by atoms with Gasteiger partial charge < -0.3 is 4.57 Å². The molecule has 2 heterocycles. The molecule has 1 unspecified atom stereocenters. The van der Waals surface area contributed by atoms with Gasteiger partial charge in [-0.2, -0.15) is 0 Å². The summed E-state index contributed by atoms with van der Waals surface area (Å²) in [6, 6.07) is 0. The van der Waals surface area contributed by atoms with Crippen LogP contribution in [0.4, 0.5) is 0 Å². The molecule has 80 valence electrons. The van der Waals surface area contributed by atoms with Gasteiger partial charge in [0.2, 0.25) is 0 Å². The van der Waals surface area contributed by atoms with E-state index < -0.39 is 0 Å². The fourth-order valence-electron chi connectivity index (χ4n) is 1.81. The highest BCUT2D eigenvalue weighted by Gasteiger charge is 2.19. The van der Waals surface area contributed by atoms with E-state index >= 15 is 0 Å². The summed E-state index contributed by atoms with van der Waals surface area (Å²) in [7, 11) is 0. The van der Waals surface area contributed by atoms with Gasteiger partial charge in [0.15, 0.2) is 0 Å². The second-order valence-electron chi connectivity index (χ2n) is 3.42. The minimum Gasteiger partial charge on any atom is -0.319 e. The summed E-state index contributed by atoms with van der Waals surface area (Å²) in [6.45, 7) is 7.29. The third kappa shape index (κ3) is 2.30. The summed E-state index contributed by atoms with van der Waals surface area (Å²) in [5.74, 6) is 1.98. The number of hydrogen-bond acceptors (Lipinski definition) is 1. The van der Waals surface area contributed by atoms with Crippen molar-refractivity contribution in [2.45, 2.75) is 46.6 Å². The lowest BCUT2D eigenvalue weighted by atomic mass is 9.95. The SMILES string of the molecule is CC.CCC1CCn2c(Cl)cnc2C1. The Kier molecular flexibility index (Phi) is 4.46. The Balaban J connectivity index is 0.000000461. The Labute approximate surface area is 91.3 Å². The molecular formula is C11H19ClN2. The maximum Gasteiger partial charge on any atom is 0.128 e. The van der Waals surface area contributed by atoms with Crippen LogP contribution in [0.3, 0.4) is 0 Å². The van der Waals surface area contributed by atoms with Gasteiger partial charge in [-0.15, -0.1) is 0 Å². The second kappa shape index (κ2) is 5.40. The van der Waals surface area contributed by atoms with Crippen LogP contribution in [0.5, 0.6) is 0 Å². The Morgan fingerprint density at radius 3 is 2.93 bits per heavy atom. The van der Waals surface area contributed by atoms with E-state index in [1.807, 2.05) is 13.8 Å². The molecule has 3 heteroatoms. The zero-order valence-electron chi connectivity index (χ0n) is 9.26. The second-order valence-corrected chi connectivity index (χ2v) is 3.80. The third-order valence-electron chi connectivity index (χ3n) is 2.70. The molecule has 0 saturated heterocycles. The van der Waals surface area contributed by atoms with Crippen molar-refractivity contribution in [1.82, 2.24) is 9.55 Å². The summed E-state index contributed by atoms with van der Waals surface area (Å²) in [4.78, 5) is 4.29. The van der Waals surface area contributed by atoms with Gasteiger partial charge in [-0.05, 0) is 12.3 Å². The normalized spacial score (nSPS) is 19.6. The Bertz CT molecular complexity index is 281. The molecule has 0 spiro atoms. The van der Waals surface area contributed by atoms with Gasteiger partial charge in [0.25, 0.3) is 0 Å². The predicted octanol–water partition coefficient (Wildman–Crippen LogP) is 3.54. The molecule has 1 atom stereocenters. The smallest absolute Gasteiger partial charge is 0.128 e. The van der Waals surface area contributed by atoms with Crippen molar-refractivity contribution < 1.29 is 0 Å². The highest BCUT2D eigenvalue weighted by molar-refractivity contribution is 6.29. The van der Waals surface area contributed by atoms with E-state index in [1.54, 1.807) is 6.20 Å². The first kappa shape index (κ1) is 11.6. The van der Waals surface area contributed by atoms with E-state index in [1.165, 1.54) is 12.8 Å². The van der Waals surface area contributed by atoms with E-state index in [2.05, 4.69) is 16.5 Å². The molecule has 1 aliphatic heterocycles. The first-order chi connectivity index (χ1) is 6.81. The van der Waals surface area contributed by atoms with E-state index in [0.717, 1.165) is 29.9 Å². The fourth-order valence-corrected chi connectivity index (χ4v) is 2.04. The average Bonchev–Trinajstić information content (AvgIpc) is 2.63. The lowest BCUT2D eigenvalue weighted by Gasteiger charge is -2.22. The predicted molar refractivity (Wildman–Crippen MR) is 60.7 cm³/mol. The minimum atomic E-state index is 0.791. The standard InChI is InChI=1S/C9H13ClN2.C2H6/c1-2-7-3-4-12-8(10)6-11-9(12)5-7;1-2/h6-7H,2-5H2,1H3;1-2H3. The topological polar surface area (TPSA) is 17.8 Å². The van der Waals surface area contributed by atoms with Crippen LogP contribution >= 0.6 is 11.6 Å². The molecule has 0 radical (unpaired) electrons. The summed E-state index contributed by atoms with van der Waals surface area (Å²) >= 11 is 5.95. The van der Waals surface area contributed by atoms with Gasteiger partial charge in [0.1, 0.15) is 11.0 Å². The highest BCUT2D eigenvalue weighted by Crippen LogP contribution is 2.25. The van der Waals surface area contributed by atoms with Gasteiger partial charge in [-0.25, -0.2) is 4.98 Å². The largest absolute Gasteiger partial charge is 0.319 e. The molecule has 1 aromatic heterocycles. The molecule has 0 aliphatic carbocycles. The van der Waals surface area contributed by atoms with Crippen molar-refractivity contribution in [3.63, 3.8) is 0 Å². The Hall–Kier alpha value is -0.500. The third-order valence-corrected chi connectivity index (χ3v) is 3.00. The lowest BCUT2D eigenvalue weighted by Crippen LogP contribution is -2.18. The molecule has 0 aromatic carbocycles. The van der Waals surface area contributed by atoms with Crippen molar-refractivity contribution in [2.75, 3.05) is 0 Å². The zero-order valence-corrected chi connectivity index (χ0v) is 10.0. The fraction of sp³-hybridized carbons (Fsp3) is 0.727. The number of hydrogen-bond donors (Lipinski definition) is 0.